The lowest BCUT2D eigenvalue weighted by atomic mass is 10.3. The molecule has 1 aromatic carbocycles. The maximum atomic E-state index is 12.9. The highest BCUT2D eigenvalue weighted by Crippen LogP contribution is 2.31. The standard InChI is InChI=1S/C18H19ClN4OS/c1-12-15-11-16(17(24)22-9-2-7-20-8-10-22)25-18(15)23(21-12)14-5-3-13(19)4-6-14/h3-6,11,20H,2,7-10H2,1H3. The van der Waals surface area contributed by atoms with E-state index in [1.54, 1.807) is 0 Å². The first kappa shape index (κ1) is 16.6. The molecule has 3 aromatic rings. The molecule has 0 unspecified atom stereocenters. The van der Waals surface area contributed by atoms with Crippen LogP contribution in [0, 0.1) is 6.92 Å². The van der Waals surface area contributed by atoms with Crippen molar-refractivity contribution in [1.29, 1.82) is 0 Å². The van der Waals surface area contributed by atoms with Gasteiger partial charge in [0.2, 0.25) is 0 Å². The Morgan fingerprint density at radius 2 is 2.04 bits per heavy atom. The van der Waals surface area contributed by atoms with E-state index in [9.17, 15) is 4.79 Å². The SMILES string of the molecule is Cc1nn(-c2ccc(Cl)cc2)c2sc(C(=O)N3CCCNCC3)cc12. The normalized spacial score (nSPS) is 15.5. The Labute approximate surface area is 155 Å². The first-order valence-corrected chi connectivity index (χ1v) is 9.58. The molecular formula is C18H19ClN4OS. The Kier molecular flexibility index (Phi) is 4.50. The molecule has 1 aliphatic rings. The van der Waals surface area contributed by atoms with Gasteiger partial charge in [-0.25, -0.2) is 4.68 Å². The number of benzene rings is 1. The van der Waals surface area contributed by atoms with Crippen LogP contribution < -0.4 is 5.32 Å². The molecule has 1 N–H and O–H groups in total. The van der Waals surface area contributed by atoms with Crippen molar-refractivity contribution < 1.29 is 4.79 Å². The number of carbonyl (C=O) groups is 1. The van der Waals surface area contributed by atoms with Gasteiger partial charge in [0.25, 0.3) is 5.91 Å². The van der Waals surface area contributed by atoms with Crippen LogP contribution in [0.4, 0.5) is 0 Å². The highest BCUT2D eigenvalue weighted by Gasteiger charge is 2.22. The molecule has 1 aliphatic heterocycles. The van der Waals surface area contributed by atoms with Gasteiger partial charge >= 0.3 is 0 Å². The first-order valence-electron chi connectivity index (χ1n) is 8.38. The molecule has 3 heterocycles. The molecule has 1 amide bonds. The van der Waals surface area contributed by atoms with Crippen molar-refractivity contribution in [3.63, 3.8) is 0 Å². The third-order valence-corrected chi connectivity index (χ3v) is 5.80. The minimum Gasteiger partial charge on any atom is -0.337 e. The largest absolute Gasteiger partial charge is 0.337 e. The summed E-state index contributed by atoms with van der Waals surface area (Å²) in [5.74, 6) is 0.118. The molecular weight excluding hydrogens is 356 g/mol. The molecule has 7 heteroatoms. The van der Waals surface area contributed by atoms with Gasteiger partial charge in [-0.05, 0) is 50.2 Å². The van der Waals surface area contributed by atoms with Crippen molar-refractivity contribution in [2.75, 3.05) is 26.2 Å². The average molecular weight is 375 g/mol. The lowest BCUT2D eigenvalue weighted by Gasteiger charge is -2.18. The number of fused-ring (bicyclic) bond motifs is 1. The fourth-order valence-corrected chi connectivity index (χ4v) is 4.39. The monoisotopic (exact) mass is 374 g/mol. The van der Waals surface area contributed by atoms with E-state index in [1.807, 2.05) is 46.8 Å². The van der Waals surface area contributed by atoms with Crippen molar-refractivity contribution in [2.24, 2.45) is 0 Å². The lowest BCUT2D eigenvalue weighted by molar-refractivity contribution is 0.0771. The molecule has 0 atom stereocenters. The van der Waals surface area contributed by atoms with E-state index in [0.717, 1.165) is 59.1 Å². The summed E-state index contributed by atoms with van der Waals surface area (Å²) < 4.78 is 1.90. The number of rotatable bonds is 2. The van der Waals surface area contributed by atoms with E-state index in [2.05, 4.69) is 10.4 Å². The lowest BCUT2D eigenvalue weighted by Crippen LogP contribution is -2.33. The maximum absolute atomic E-state index is 12.9. The molecule has 0 saturated carbocycles. The number of halogens is 1. The minimum atomic E-state index is 0.118. The molecule has 2 aromatic heterocycles. The number of carbonyl (C=O) groups excluding carboxylic acids is 1. The summed E-state index contributed by atoms with van der Waals surface area (Å²) in [7, 11) is 0. The summed E-state index contributed by atoms with van der Waals surface area (Å²) in [6, 6.07) is 9.56. The summed E-state index contributed by atoms with van der Waals surface area (Å²) >= 11 is 7.49. The summed E-state index contributed by atoms with van der Waals surface area (Å²) in [5.41, 5.74) is 1.88. The maximum Gasteiger partial charge on any atom is 0.264 e. The third kappa shape index (κ3) is 3.17. The van der Waals surface area contributed by atoms with Crippen LogP contribution in [0.15, 0.2) is 30.3 Å². The van der Waals surface area contributed by atoms with Crippen LogP contribution in [-0.2, 0) is 0 Å². The molecule has 0 aliphatic carbocycles. The van der Waals surface area contributed by atoms with Crippen LogP contribution in [0.3, 0.4) is 0 Å². The van der Waals surface area contributed by atoms with Crippen LogP contribution in [0.1, 0.15) is 21.8 Å². The van der Waals surface area contributed by atoms with E-state index in [-0.39, 0.29) is 5.91 Å². The van der Waals surface area contributed by atoms with Crippen LogP contribution in [-0.4, -0.2) is 46.8 Å². The van der Waals surface area contributed by atoms with Crippen molar-refractivity contribution >= 4 is 39.1 Å². The number of aromatic nitrogens is 2. The van der Waals surface area contributed by atoms with Gasteiger partial charge < -0.3 is 10.2 Å². The molecule has 5 nitrogen and oxygen atoms in total. The van der Waals surface area contributed by atoms with Gasteiger partial charge in [0.1, 0.15) is 4.83 Å². The number of hydrogen-bond donors (Lipinski definition) is 1. The van der Waals surface area contributed by atoms with Crippen LogP contribution in [0.5, 0.6) is 0 Å². The molecule has 0 bridgehead atoms. The Morgan fingerprint density at radius 3 is 2.84 bits per heavy atom. The van der Waals surface area contributed by atoms with Gasteiger partial charge in [0.05, 0.1) is 16.3 Å². The number of aryl methyl sites for hydroxylation is 1. The van der Waals surface area contributed by atoms with Crippen LogP contribution in [0.25, 0.3) is 15.9 Å². The molecule has 130 valence electrons. The van der Waals surface area contributed by atoms with Crippen molar-refractivity contribution in [2.45, 2.75) is 13.3 Å². The zero-order valence-corrected chi connectivity index (χ0v) is 15.5. The van der Waals surface area contributed by atoms with Crippen LogP contribution >= 0.6 is 22.9 Å². The van der Waals surface area contributed by atoms with Gasteiger partial charge in [0, 0.05) is 30.0 Å². The average Bonchev–Trinajstić information content (AvgIpc) is 3.04. The second kappa shape index (κ2) is 6.78. The predicted octanol–water partition coefficient (Wildman–Crippen LogP) is 3.48. The van der Waals surface area contributed by atoms with Crippen LogP contribution in [0.2, 0.25) is 5.02 Å². The summed E-state index contributed by atoms with van der Waals surface area (Å²) in [5, 5.41) is 9.69. The zero-order chi connectivity index (χ0) is 17.4. The van der Waals surface area contributed by atoms with E-state index in [4.69, 9.17) is 11.6 Å². The highest BCUT2D eigenvalue weighted by molar-refractivity contribution is 7.20. The minimum absolute atomic E-state index is 0.118. The molecule has 25 heavy (non-hydrogen) atoms. The molecule has 4 rings (SSSR count). The molecule has 1 fully saturated rings. The highest BCUT2D eigenvalue weighted by atomic mass is 35.5. The summed E-state index contributed by atoms with van der Waals surface area (Å²) in [4.78, 5) is 16.6. The fraction of sp³-hybridized carbons (Fsp3) is 0.333. The van der Waals surface area contributed by atoms with Gasteiger partial charge in [-0.15, -0.1) is 11.3 Å². The molecule has 1 saturated heterocycles. The van der Waals surface area contributed by atoms with E-state index in [0.29, 0.717) is 5.02 Å². The number of hydrogen-bond acceptors (Lipinski definition) is 4. The Balaban J connectivity index is 1.71. The Morgan fingerprint density at radius 1 is 1.24 bits per heavy atom. The van der Waals surface area contributed by atoms with Gasteiger partial charge in [-0.1, -0.05) is 11.6 Å². The smallest absolute Gasteiger partial charge is 0.264 e. The van der Waals surface area contributed by atoms with Gasteiger partial charge in [-0.2, -0.15) is 5.10 Å². The van der Waals surface area contributed by atoms with Crippen molar-refractivity contribution in [3.05, 3.63) is 45.9 Å². The zero-order valence-electron chi connectivity index (χ0n) is 14.0. The van der Waals surface area contributed by atoms with Crippen molar-refractivity contribution in [3.8, 4) is 5.69 Å². The number of nitrogens with one attached hydrogen (secondary N) is 1. The van der Waals surface area contributed by atoms with E-state index < -0.39 is 0 Å². The molecule has 0 spiro atoms. The van der Waals surface area contributed by atoms with Crippen molar-refractivity contribution in [1.82, 2.24) is 20.0 Å². The van der Waals surface area contributed by atoms with Gasteiger partial charge in [0.15, 0.2) is 0 Å². The topological polar surface area (TPSA) is 50.2 Å². The molecule has 0 radical (unpaired) electrons. The fourth-order valence-electron chi connectivity index (χ4n) is 3.11. The first-order chi connectivity index (χ1) is 12.1. The number of nitrogens with zero attached hydrogens (tertiary/aromatic N) is 3. The third-order valence-electron chi connectivity index (χ3n) is 4.45. The quantitative estimate of drug-likeness (QED) is 0.747. The van der Waals surface area contributed by atoms with Gasteiger partial charge in [-0.3, -0.25) is 4.79 Å². The number of amides is 1. The Hall–Kier alpha value is -1.89. The van der Waals surface area contributed by atoms with E-state index >= 15 is 0 Å². The second-order valence-corrected chi connectivity index (χ2v) is 7.67. The predicted molar refractivity (Wildman–Crippen MR) is 102 cm³/mol. The number of thiophene rings is 1. The Bertz CT molecular complexity index is 907. The van der Waals surface area contributed by atoms with E-state index in [1.165, 1.54) is 11.3 Å². The summed E-state index contributed by atoms with van der Waals surface area (Å²) in [6.45, 7) is 5.37. The second-order valence-electron chi connectivity index (χ2n) is 6.20. The summed E-state index contributed by atoms with van der Waals surface area (Å²) in [6.07, 6.45) is 0.994.